The Balaban J connectivity index is 1.85. The van der Waals surface area contributed by atoms with Crippen LogP contribution in [0.15, 0.2) is 52.1 Å². The lowest BCUT2D eigenvalue weighted by atomic mass is 9.95. The average Bonchev–Trinajstić information content (AvgIpc) is 3.50. The summed E-state index contributed by atoms with van der Waals surface area (Å²) >= 11 is 0.941. The van der Waals surface area contributed by atoms with Crippen LogP contribution in [-0.2, 0) is 9.53 Å². The number of carbonyl (C=O) groups excluding carboxylic acids is 3. The summed E-state index contributed by atoms with van der Waals surface area (Å²) in [7, 11) is 1.25. The summed E-state index contributed by atoms with van der Waals surface area (Å²) in [5, 5.41) is 11.0. The Labute approximate surface area is 199 Å². The quantitative estimate of drug-likeness (QED) is 0.391. The van der Waals surface area contributed by atoms with Crippen molar-refractivity contribution in [2.75, 3.05) is 18.6 Å². The summed E-state index contributed by atoms with van der Waals surface area (Å²) < 4.78 is 15.8. The molecule has 1 aliphatic rings. The maximum Gasteiger partial charge on any atom is 0.350 e. The first kappa shape index (κ1) is 23.2. The molecule has 1 aliphatic heterocycles. The van der Waals surface area contributed by atoms with Gasteiger partial charge in [0.25, 0.3) is 5.91 Å². The normalized spacial score (nSPS) is 15.7. The van der Waals surface area contributed by atoms with E-state index in [-0.39, 0.29) is 21.3 Å². The van der Waals surface area contributed by atoms with Gasteiger partial charge in [0, 0.05) is 0 Å². The van der Waals surface area contributed by atoms with Gasteiger partial charge in [-0.25, -0.2) is 9.78 Å². The Morgan fingerprint density at radius 2 is 1.88 bits per heavy atom. The van der Waals surface area contributed by atoms with Crippen molar-refractivity contribution >= 4 is 34.1 Å². The molecule has 4 rings (SSSR count). The predicted octanol–water partition coefficient (Wildman–Crippen LogP) is 4.32. The number of amides is 1. The smallest absolute Gasteiger partial charge is 0.350 e. The molecular formula is C24H22N2O7S. The van der Waals surface area contributed by atoms with Gasteiger partial charge >= 0.3 is 5.97 Å². The van der Waals surface area contributed by atoms with Gasteiger partial charge in [0.2, 0.25) is 5.78 Å². The molecule has 2 aromatic heterocycles. The van der Waals surface area contributed by atoms with E-state index in [4.69, 9.17) is 13.9 Å². The molecule has 10 heteroatoms. The minimum absolute atomic E-state index is 0.00444. The van der Waals surface area contributed by atoms with Crippen molar-refractivity contribution in [3.63, 3.8) is 0 Å². The van der Waals surface area contributed by atoms with Crippen LogP contribution in [0, 0.1) is 13.8 Å². The van der Waals surface area contributed by atoms with Gasteiger partial charge in [0.1, 0.15) is 16.4 Å². The number of methoxy groups -OCH3 is 1. The van der Waals surface area contributed by atoms with Crippen molar-refractivity contribution in [3.05, 3.63) is 75.4 Å². The van der Waals surface area contributed by atoms with E-state index < -0.39 is 29.5 Å². The number of furan rings is 1. The zero-order valence-corrected chi connectivity index (χ0v) is 19.8. The molecule has 0 aliphatic carbocycles. The van der Waals surface area contributed by atoms with Gasteiger partial charge < -0.3 is 19.0 Å². The van der Waals surface area contributed by atoms with Crippen LogP contribution in [0.1, 0.15) is 50.2 Å². The molecule has 1 amide bonds. The number of carbonyl (C=O) groups is 3. The molecule has 1 aromatic carbocycles. The van der Waals surface area contributed by atoms with Crippen LogP contribution in [0.4, 0.5) is 5.13 Å². The minimum atomic E-state index is -1.00. The van der Waals surface area contributed by atoms with Crippen molar-refractivity contribution in [2.45, 2.75) is 26.8 Å². The lowest BCUT2D eigenvalue weighted by Crippen LogP contribution is -2.31. The van der Waals surface area contributed by atoms with Crippen LogP contribution in [0.5, 0.6) is 5.75 Å². The van der Waals surface area contributed by atoms with Crippen LogP contribution in [-0.4, -0.2) is 41.5 Å². The highest BCUT2D eigenvalue weighted by atomic mass is 32.1. The average molecular weight is 483 g/mol. The van der Waals surface area contributed by atoms with E-state index in [1.165, 1.54) is 18.1 Å². The van der Waals surface area contributed by atoms with Gasteiger partial charge in [0.05, 0.1) is 31.0 Å². The first-order valence-corrected chi connectivity index (χ1v) is 11.2. The third-order valence-electron chi connectivity index (χ3n) is 5.29. The molecule has 1 N–H and O–H groups in total. The Kier molecular flexibility index (Phi) is 6.25. The first-order valence-electron chi connectivity index (χ1n) is 10.4. The zero-order chi connectivity index (χ0) is 24.6. The number of esters is 1. The maximum atomic E-state index is 13.4. The molecule has 0 unspecified atom stereocenters. The zero-order valence-electron chi connectivity index (χ0n) is 18.9. The van der Waals surface area contributed by atoms with Crippen LogP contribution in [0.2, 0.25) is 0 Å². The number of thiazole rings is 1. The molecule has 3 heterocycles. The molecule has 0 saturated heterocycles. The van der Waals surface area contributed by atoms with Gasteiger partial charge in [-0.1, -0.05) is 23.5 Å². The highest BCUT2D eigenvalue weighted by Crippen LogP contribution is 2.44. The summed E-state index contributed by atoms with van der Waals surface area (Å²) in [6.45, 7) is 5.64. The van der Waals surface area contributed by atoms with E-state index in [2.05, 4.69) is 4.98 Å². The largest absolute Gasteiger partial charge is 0.503 e. The first-order chi connectivity index (χ1) is 16.3. The molecule has 3 aromatic rings. The van der Waals surface area contributed by atoms with E-state index in [1.807, 2.05) is 6.92 Å². The van der Waals surface area contributed by atoms with Gasteiger partial charge in [-0.3, -0.25) is 14.5 Å². The number of nitrogens with zero attached hydrogens (tertiary/aromatic N) is 2. The van der Waals surface area contributed by atoms with E-state index in [0.29, 0.717) is 29.4 Å². The second-order valence-electron chi connectivity index (χ2n) is 7.48. The Morgan fingerprint density at radius 1 is 1.18 bits per heavy atom. The number of aliphatic hydroxyl groups excluding tert-OH is 1. The third-order valence-corrected chi connectivity index (χ3v) is 6.42. The molecule has 0 saturated carbocycles. The number of ketones is 1. The molecule has 0 radical (unpaired) electrons. The van der Waals surface area contributed by atoms with Crippen molar-refractivity contribution in [2.24, 2.45) is 0 Å². The Hall–Kier alpha value is -3.92. The molecule has 0 fully saturated rings. The molecule has 176 valence electrons. The number of aromatic nitrogens is 1. The fourth-order valence-corrected chi connectivity index (χ4v) is 4.73. The molecule has 9 nitrogen and oxygen atoms in total. The van der Waals surface area contributed by atoms with E-state index >= 15 is 0 Å². The van der Waals surface area contributed by atoms with Gasteiger partial charge in [0.15, 0.2) is 16.7 Å². The number of anilines is 1. The molecule has 1 atom stereocenters. The minimum Gasteiger partial charge on any atom is -0.503 e. The molecule has 0 bridgehead atoms. The van der Waals surface area contributed by atoms with E-state index in [1.54, 1.807) is 44.2 Å². The lowest BCUT2D eigenvalue weighted by molar-refractivity contribution is -0.117. The van der Waals surface area contributed by atoms with Crippen molar-refractivity contribution in [1.82, 2.24) is 4.98 Å². The van der Waals surface area contributed by atoms with Crippen LogP contribution < -0.4 is 9.64 Å². The van der Waals surface area contributed by atoms with Crippen LogP contribution in [0.3, 0.4) is 0 Å². The van der Waals surface area contributed by atoms with Gasteiger partial charge in [-0.05, 0) is 50.6 Å². The summed E-state index contributed by atoms with van der Waals surface area (Å²) in [6, 6.07) is 8.94. The van der Waals surface area contributed by atoms with Crippen molar-refractivity contribution < 1.29 is 33.4 Å². The summed E-state index contributed by atoms with van der Waals surface area (Å²) in [5.74, 6) is -1.61. The number of ether oxygens (including phenoxy) is 2. The van der Waals surface area contributed by atoms with Crippen molar-refractivity contribution in [1.29, 1.82) is 0 Å². The number of hydrogen-bond acceptors (Lipinski definition) is 9. The monoisotopic (exact) mass is 482 g/mol. The number of aliphatic hydroxyl groups is 1. The van der Waals surface area contributed by atoms with Gasteiger partial charge in [-0.15, -0.1) is 0 Å². The van der Waals surface area contributed by atoms with E-state index in [9.17, 15) is 19.5 Å². The van der Waals surface area contributed by atoms with Crippen LogP contribution >= 0.6 is 11.3 Å². The molecule has 0 spiro atoms. The number of hydrogen-bond donors (Lipinski definition) is 1. The standard InChI is InChI=1S/C24H22N2O7S/c1-5-32-15-9-7-14(8-10-15)18-17(19(27)16-11-6-12(2)33-16)20(28)22(29)26(18)24-25-13(3)21(34-24)23(30)31-4/h6-11,18,28H,5H2,1-4H3/t18-/m0/s1. The summed E-state index contributed by atoms with van der Waals surface area (Å²) in [6.07, 6.45) is 0. The Bertz CT molecular complexity index is 1300. The lowest BCUT2D eigenvalue weighted by Gasteiger charge is -2.24. The second-order valence-corrected chi connectivity index (χ2v) is 8.46. The fourth-order valence-electron chi connectivity index (χ4n) is 3.72. The third kappa shape index (κ3) is 3.96. The highest BCUT2D eigenvalue weighted by molar-refractivity contribution is 7.17. The topological polar surface area (TPSA) is 119 Å². The van der Waals surface area contributed by atoms with Crippen LogP contribution in [0.25, 0.3) is 0 Å². The molecule has 34 heavy (non-hydrogen) atoms. The Morgan fingerprint density at radius 3 is 2.47 bits per heavy atom. The summed E-state index contributed by atoms with van der Waals surface area (Å²) in [4.78, 5) is 44.5. The fraction of sp³-hybridized carbons (Fsp3) is 0.250. The van der Waals surface area contributed by atoms with Crippen molar-refractivity contribution in [3.8, 4) is 5.75 Å². The highest BCUT2D eigenvalue weighted by Gasteiger charge is 2.46. The number of rotatable bonds is 7. The SMILES string of the molecule is CCOc1ccc([C@H]2C(C(=O)c3ccc(C)o3)=C(O)C(=O)N2c2nc(C)c(C(=O)OC)s2)cc1. The maximum absolute atomic E-state index is 13.4. The predicted molar refractivity (Wildman–Crippen MR) is 123 cm³/mol. The second kappa shape index (κ2) is 9.14. The number of Topliss-reactive ketones (excluding diaryl/α,β-unsaturated/α-hetero) is 1. The number of aryl methyl sites for hydroxylation is 2. The summed E-state index contributed by atoms with van der Waals surface area (Å²) in [5.41, 5.74) is 0.766. The van der Waals surface area contributed by atoms with Gasteiger partial charge in [-0.2, -0.15) is 0 Å². The van der Waals surface area contributed by atoms with E-state index in [0.717, 1.165) is 11.3 Å². The molecular weight excluding hydrogens is 460 g/mol. The number of benzene rings is 1.